The van der Waals surface area contributed by atoms with E-state index in [1.165, 1.54) is 0 Å². The van der Waals surface area contributed by atoms with E-state index < -0.39 is 11.9 Å². The lowest BCUT2D eigenvalue weighted by atomic mass is 10.2. The summed E-state index contributed by atoms with van der Waals surface area (Å²) >= 11 is 5.43. The average Bonchev–Trinajstić information content (AvgIpc) is 2.69. The van der Waals surface area contributed by atoms with Crippen LogP contribution in [0.5, 0.6) is 5.75 Å². The third kappa shape index (κ3) is 7.58. The second-order valence-corrected chi connectivity index (χ2v) is 6.26. The lowest BCUT2D eigenvalue weighted by molar-refractivity contribution is -0.134. The van der Waals surface area contributed by atoms with Crippen LogP contribution in [-0.2, 0) is 9.59 Å². The number of carboxylic acids is 2. The van der Waals surface area contributed by atoms with Gasteiger partial charge in [0.05, 0.1) is 6.54 Å². The van der Waals surface area contributed by atoms with Crippen LogP contribution in [0.2, 0.25) is 0 Å². The summed E-state index contributed by atoms with van der Waals surface area (Å²) in [5.74, 6) is -1.71. The van der Waals surface area contributed by atoms with Crippen molar-refractivity contribution in [2.75, 3.05) is 34.2 Å². The van der Waals surface area contributed by atoms with Gasteiger partial charge in [0.15, 0.2) is 0 Å². The zero-order chi connectivity index (χ0) is 19.7. The number of fused-ring (bicyclic) bond motifs is 1. The van der Waals surface area contributed by atoms with Gasteiger partial charge in [-0.3, -0.25) is 0 Å². The van der Waals surface area contributed by atoms with Gasteiger partial charge in [-0.05, 0) is 32.6 Å². The maximum atomic E-state index is 9.55. The van der Waals surface area contributed by atoms with E-state index in [1.807, 2.05) is 19.2 Å². The number of carbonyl (C=O) groups is 2. The molecular weight excluding hydrogens is 358 g/mol. The Labute approximate surface area is 157 Å². The van der Waals surface area contributed by atoms with E-state index >= 15 is 0 Å². The Morgan fingerprint density at radius 1 is 1.38 bits per heavy atom. The van der Waals surface area contributed by atoms with Crippen LogP contribution in [-0.4, -0.2) is 82.3 Å². The van der Waals surface area contributed by atoms with E-state index in [-0.39, 0.29) is 6.10 Å². The largest absolute Gasteiger partial charge is 0.486 e. The molecule has 0 aliphatic carbocycles. The molecule has 0 amide bonds. The molecule has 0 spiro atoms. The minimum absolute atomic E-state index is 0.154. The minimum atomic E-state index is -1.26. The van der Waals surface area contributed by atoms with Crippen molar-refractivity contribution in [3.63, 3.8) is 0 Å². The molecule has 0 radical (unpaired) electrons. The first-order valence-corrected chi connectivity index (χ1v) is 8.27. The summed E-state index contributed by atoms with van der Waals surface area (Å²) in [7, 11) is 6.14. The van der Waals surface area contributed by atoms with Crippen molar-refractivity contribution in [2.24, 2.45) is 0 Å². The van der Waals surface area contributed by atoms with Gasteiger partial charge in [-0.25, -0.2) is 14.6 Å². The molecule has 0 fully saturated rings. The first kappa shape index (κ1) is 21.5. The van der Waals surface area contributed by atoms with E-state index in [4.69, 9.17) is 27.2 Å². The van der Waals surface area contributed by atoms with Gasteiger partial charge in [-0.1, -0.05) is 12.2 Å². The third-order valence-corrected chi connectivity index (χ3v) is 3.86. The van der Waals surface area contributed by atoms with Crippen LogP contribution in [0.1, 0.15) is 12.1 Å². The SMILES string of the molecule is CN(C)CCC1CN(C)C(=S)c2ncccc2O1.O=C(O)C=CC(=O)O. The Morgan fingerprint density at radius 2 is 2.00 bits per heavy atom. The molecule has 0 saturated carbocycles. The fourth-order valence-electron chi connectivity index (χ4n) is 2.13. The van der Waals surface area contributed by atoms with Gasteiger partial charge in [0.25, 0.3) is 0 Å². The van der Waals surface area contributed by atoms with Gasteiger partial charge >= 0.3 is 11.9 Å². The quantitative estimate of drug-likeness (QED) is 0.573. The summed E-state index contributed by atoms with van der Waals surface area (Å²) in [5, 5.41) is 15.6. The maximum absolute atomic E-state index is 9.55. The van der Waals surface area contributed by atoms with Gasteiger partial charge in [-0.15, -0.1) is 0 Å². The Bertz CT molecular complexity index is 662. The molecule has 1 aliphatic heterocycles. The number of ether oxygens (including phenoxy) is 1. The van der Waals surface area contributed by atoms with Gasteiger partial charge in [0.2, 0.25) is 0 Å². The zero-order valence-corrected chi connectivity index (χ0v) is 15.8. The lowest BCUT2D eigenvalue weighted by Crippen LogP contribution is -2.35. The fraction of sp³-hybridized carbons (Fsp3) is 0.412. The number of rotatable bonds is 5. The van der Waals surface area contributed by atoms with Gasteiger partial charge in [0.1, 0.15) is 22.5 Å². The number of thiocarbonyl (C=S) groups is 1. The van der Waals surface area contributed by atoms with Gasteiger partial charge in [0, 0.05) is 31.9 Å². The van der Waals surface area contributed by atoms with Crippen LogP contribution < -0.4 is 4.74 Å². The fourth-order valence-corrected chi connectivity index (χ4v) is 2.36. The molecule has 0 saturated heterocycles. The molecule has 8 nitrogen and oxygen atoms in total. The van der Waals surface area contributed by atoms with E-state index in [9.17, 15) is 9.59 Å². The number of pyridine rings is 1. The first-order chi connectivity index (χ1) is 12.2. The number of likely N-dealkylation sites (N-methyl/N-ethyl adjacent to an activating group) is 1. The number of nitrogens with zero attached hydrogens (tertiary/aromatic N) is 3. The first-order valence-electron chi connectivity index (χ1n) is 7.86. The molecule has 2 rings (SSSR count). The van der Waals surface area contributed by atoms with Crippen LogP contribution in [0.15, 0.2) is 30.5 Å². The molecule has 26 heavy (non-hydrogen) atoms. The molecule has 2 N–H and O–H groups in total. The zero-order valence-electron chi connectivity index (χ0n) is 15.0. The smallest absolute Gasteiger partial charge is 0.328 e. The molecule has 2 heterocycles. The Balaban J connectivity index is 0.000000359. The molecule has 9 heteroatoms. The summed E-state index contributed by atoms with van der Waals surface area (Å²) in [6.45, 7) is 1.81. The molecule has 0 aromatic carbocycles. The predicted octanol–water partition coefficient (Wildman–Crippen LogP) is 1.11. The monoisotopic (exact) mass is 381 g/mol. The number of hydrogen-bond donors (Lipinski definition) is 2. The van der Waals surface area contributed by atoms with Crippen LogP contribution in [0.4, 0.5) is 0 Å². The van der Waals surface area contributed by atoms with Crippen LogP contribution in [0, 0.1) is 0 Å². The highest BCUT2D eigenvalue weighted by Crippen LogP contribution is 2.23. The third-order valence-electron chi connectivity index (χ3n) is 3.36. The van der Waals surface area contributed by atoms with E-state index in [1.54, 1.807) is 6.20 Å². The standard InChI is InChI=1S/C13H19N3OS.C4H4O4/c1-15(2)8-6-10-9-16(3)13(18)12-11(17-10)5-4-7-14-12;5-3(6)1-2-4(7)8/h4-5,7,10H,6,8-9H2,1-3H3;1-2H,(H,5,6)(H,7,8). The van der Waals surface area contributed by atoms with Crippen molar-refractivity contribution in [1.82, 2.24) is 14.8 Å². The second kappa shape index (κ2) is 10.5. The second-order valence-electron chi connectivity index (χ2n) is 5.88. The van der Waals surface area contributed by atoms with E-state index in [0.29, 0.717) is 12.2 Å². The Morgan fingerprint density at radius 3 is 2.54 bits per heavy atom. The molecule has 1 aliphatic rings. The highest BCUT2D eigenvalue weighted by molar-refractivity contribution is 7.80. The number of aromatic nitrogens is 1. The lowest BCUT2D eigenvalue weighted by Gasteiger charge is -2.22. The summed E-state index contributed by atoms with van der Waals surface area (Å²) < 4.78 is 6.03. The normalized spacial score (nSPS) is 16.4. The Kier molecular flexibility index (Phi) is 8.66. The molecule has 1 aromatic heterocycles. The summed E-state index contributed by atoms with van der Waals surface area (Å²) in [4.78, 5) is 28.4. The minimum Gasteiger partial charge on any atom is -0.486 e. The number of aliphatic carboxylic acids is 2. The molecule has 1 aromatic rings. The number of carboxylic acid groups (broad SMARTS) is 2. The highest BCUT2D eigenvalue weighted by Gasteiger charge is 2.24. The maximum Gasteiger partial charge on any atom is 0.328 e. The molecule has 142 valence electrons. The topological polar surface area (TPSA) is 103 Å². The van der Waals surface area contributed by atoms with Gasteiger partial charge in [-0.2, -0.15) is 0 Å². The van der Waals surface area contributed by atoms with Crippen LogP contribution in [0.25, 0.3) is 0 Å². The molecule has 1 unspecified atom stereocenters. The van der Waals surface area contributed by atoms with Crippen LogP contribution >= 0.6 is 12.2 Å². The molecular formula is C17H23N3O5S. The van der Waals surface area contributed by atoms with Crippen molar-refractivity contribution < 1.29 is 24.5 Å². The summed E-state index contributed by atoms with van der Waals surface area (Å²) in [6.07, 6.45) is 4.00. The summed E-state index contributed by atoms with van der Waals surface area (Å²) in [5.41, 5.74) is 0.780. The van der Waals surface area contributed by atoms with Crippen LogP contribution in [0.3, 0.4) is 0 Å². The van der Waals surface area contributed by atoms with Crippen molar-refractivity contribution in [1.29, 1.82) is 0 Å². The summed E-state index contributed by atoms with van der Waals surface area (Å²) in [6, 6.07) is 3.83. The molecule has 1 atom stereocenters. The Hall–Kier alpha value is -2.52. The van der Waals surface area contributed by atoms with Crippen molar-refractivity contribution in [3.8, 4) is 5.75 Å². The molecule has 0 bridgehead atoms. The number of hydrogen-bond acceptors (Lipinski definition) is 6. The highest BCUT2D eigenvalue weighted by atomic mass is 32.1. The average molecular weight is 381 g/mol. The predicted molar refractivity (Wildman–Crippen MR) is 101 cm³/mol. The van der Waals surface area contributed by atoms with Crippen molar-refractivity contribution in [2.45, 2.75) is 12.5 Å². The van der Waals surface area contributed by atoms with E-state index in [2.05, 4.69) is 28.9 Å². The van der Waals surface area contributed by atoms with E-state index in [0.717, 1.165) is 35.9 Å². The van der Waals surface area contributed by atoms with Crippen molar-refractivity contribution in [3.05, 3.63) is 36.2 Å². The van der Waals surface area contributed by atoms with Crippen molar-refractivity contribution >= 4 is 29.1 Å². The van der Waals surface area contributed by atoms with Gasteiger partial charge < -0.3 is 24.7 Å².